The van der Waals surface area contributed by atoms with Crippen LogP contribution in [-0.2, 0) is 0 Å². The molecule has 0 amide bonds. The molecule has 1 aromatic rings. The van der Waals surface area contributed by atoms with Crippen LogP contribution in [0.1, 0.15) is 30.7 Å². The third-order valence-electron chi connectivity index (χ3n) is 3.71. The zero-order chi connectivity index (χ0) is 15.2. The van der Waals surface area contributed by atoms with Crippen molar-refractivity contribution >= 4 is 22.6 Å². The summed E-state index contributed by atoms with van der Waals surface area (Å²) in [6.07, 6.45) is 0.758. The zero-order valence-electron chi connectivity index (χ0n) is 12.1. The number of nitrogens with zero attached hydrogens (tertiary/aromatic N) is 1. The first kappa shape index (κ1) is 16.1. The van der Waals surface area contributed by atoms with Crippen molar-refractivity contribution in [2.45, 2.75) is 31.4 Å². The van der Waals surface area contributed by atoms with Gasteiger partial charge < -0.3 is 11.1 Å². The van der Waals surface area contributed by atoms with Gasteiger partial charge in [-0.2, -0.15) is 0 Å². The second-order valence-electron chi connectivity index (χ2n) is 5.17. The van der Waals surface area contributed by atoms with E-state index in [0.717, 1.165) is 17.9 Å². The number of hydrogen-bond donors (Lipinski definition) is 2. The standard InChI is InChI=1S/C15H21F2N3S/c1-19-12-4-5-14(17)13(8-12)10-2-3-11(16)9-20-15(18)21-7-6-10/h4-5,8,10-11,19H,2-3,6-7,9H2,1H3,(H2,18,20). The lowest BCUT2D eigenvalue weighted by Crippen LogP contribution is -2.16. The Morgan fingerprint density at radius 3 is 2.90 bits per heavy atom. The fraction of sp³-hybridized carbons (Fsp3) is 0.533. The van der Waals surface area contributed by atoms with E-state index in [9.17, 15) is 8.78 Å². The van der Waals surface area contributed by atoms with E-state index < -0.39 is 6.17 Å². The summed E-state index contributed by atoms with van der Waals surface area (Å²) in [5.74, 6) is 0.549. The van der Waals surface area contributed by atoms with Gasteiger partial charge >= 0.3 is 0 Å². The Labute approximate surface area is 128 Å². The quantitative estimate of drug-likeness (QED) is 0.878. The molecule has 21 heavy (non-hydrogen) atoms. The van der Waals surface area contributed by atoms with Crippen molar-refractivity contribution in [2.24, 2.45) is 10.7 Å². The number of hydrogen-bond acceptors (Lipinski definition) is 4. The van der Waals surface area contributed by atoms with Gasteiger partial charge in [0.15, 0.2) is 5.17 Å². The minimum absolute atomic E-state index is 0.00921. The summed E-state index contributed by atoms with van der Waals surface area (Å²) >= 11 is 1.41. The monoisotopic (exact) mass is 313 g/mol. The van der Waals surface area contributed by atoms with Crippen LogP contribution in [0.3, 0.4) is 0 Å². The van der Waals surface area contributed by atoms with E-state index in [2.05, 4.69) is 10.3 Å². The first-order chi connectivity index (χ1) is 10.1. The summed E-state index contributed by atoms with van der Waals surface area (Å²) < 4.78 is 27.9. The Bertz CT molecular complexity index is 508. The largest absolute Gasteiger partial charge is 0.388 e. The molecule has 2 rings (SSSR count). The molecule has 0 aliphatic carbocycles. The molecule has 2 unspecified atom stereocenters. The molecule has 1 aliphatic heterocycles. The van der Waals surface area contributed by atoms with Gasteiger partial charge in [-0.15, -0.1) is 0 Å². The molecule has 0 spiro atoms. The van der Waals surface area contributed by atoms with E-state index in [1.807, 2.05) is 6.07 Å². The van der Waals surface area contributed by atoms with Crippen LogP contribution < -0.4 is 11.1 Å². The first-order valence-corrected chi connectivity index (χ1v) is 8.12. The molecule has 0 fully saturated rings. The van der Waals surface area contributed by atoms with E-state index >= 15 is 0 Å². The first-order valence-electron chi connectivity index (χ1n) is 7.14. The van der Waals surface area contributed by atoms with Gasteiger partial charge in [-0.05, 0) is 48.9 Å². The summed E-state index contributed by atoms with van der Waals surface area (Å²) in [5, 5.41) is 3.43. The Morgan fingerprint density at radius 2 is 2.14 bits per heavy atom. The van der Waals surface area contributed by atoms with Crippen molar-refractivity contribution < 1.29 is 8.78 Å². The van der Waals surface area contributed by atoms with Crippen molar-refractivity contribution in [3.05, 3.63) is 29.6 Å². The molecule has 0 radical (unpaired) electrons. The molecule has 0 aromatic heterocycles. The molecular weight excluding hydrogens is 292 g/mol. The maximum absolute atomic E-state index is 14.1. The highest BCUT2D eigenvalue weighted by molar-refractivity contribution is 8.13. The minimum Gasteiger partial charge on any atom is -0.388 e. The van der Waals surface area contributed by atoms with Crippen LogP contribution in [0.4, 0.5) is 14.5 Å². The number of alkyl halides is 1. The summed E-state index contributed by atoms with van der Waals surface area (Å²) in [6, 6.07) is 4.99. The van der Waals surface area contributed by atoms with E-state index in [4.69, 9.17) is 5.73 Å². The fourth-order valence-corrected chi connectivity index (χ4v) is 3.26. The van der Waals surface area contributed by atoms with Gasteiger partial charge in [0, 0.05) is 18.5 Å². The lowest BCUT2D eigenvalue weighted by atomic mass is 9.90. The molecular formula is C15H21F2N3S. The van der Waals surface area contributed by atoms with Crippen LogP contribution in [0.5, 0.6) is 0 Å². The number of rotatable bonds is 2. The maximum Gasteiger partial charge on any atom is 0.153 e. The zero-order valence-corrected chi connectivity index (χ0v) is 12.9. The molecule has 0 bridgehead atoms. The van der Waals surface area contributed by atoms with Gasteiger partial charge in [-0.3, -0.25) is 4.99 Å². The smallest absolute Gasteiger partial charge is 0.153 e. The number of aliphatic imine (C=N–C) groups is 1. The second-order valence-corrected chi connectivity index (χ2v) is 6.29. The number of benzene rings is 1. The molecule has 1 heterocycles. The molecule has 3 N–H and O–H groups in total. The van der Waals surface area contributed by atoms with Gasteiger partial charge in [0.2, 0.25) is 0 Å². The molecule has 0 saturated carbocycles. The Balaban J connectivity index is 2.18. The van der Waals surface area contributed by atoms with Crippen molar-refractivity contribution in [1.82, 2.24) is 0 Å². The predicted molar refractivity (Wildman–Crippen MR) is 86.4 cm³/mol. The highest BCUT2D eigenvalue weighted by Crippen LogP contribution is 2.32. The van der Waals surface area contributed by atoms with Crippen molar-refractivity contribution in [3.8, 4) is 0 Å². The van der Waals surface area contributed by atoms with Crippen molar-refractivity contribution in [2.75, 3.05) is 24.7 Å². The number of halogens is 2. The average molecular weight is 313 g/mol. The Morgan fingerprint density at radius 1 is 1.33 bits per heavy atom. The van der Waals surface area contributed by atoms with Gasteiger partial charge in [-0.25, -0.2) is 8.78 Å². The van der Waals surface area contributed by atoms with Crippen LogP contribution in [0.2, 0.25) is 0 Å². The topological polar surface area (TPSA) is 50.4 Å². The third kappa shape index (κ3) is 4.59. The lowest BCUT2D eigenvalue weighted by molar-refractivity contribution is 0.306. The minimum atomic E-state index is -1.01. The molecule has 1 aromatic carbocycles. The predicted octanol–water partition coefficient (Wildman–Crippen LogP) is 3.52. The Kier molecular flexibility index (Phi) is 5.85. The van der Waals surface area contributed by atoms with Crippen LogP contribution in [0, 0.1) is 5.82 Å². The van der Waals surface area contributed by atoms with Crippen LogP contribution >= 0.6 is 11.8 Å². The molecule has 1 aliphatic rings. The number of thioether (sulfide) groups is 1. The third-order valence-corrected chi connectivity index (χ3v) is 4.58. The van der Waals surface area contributed by atoms with Gasteiger partial charge in [-0.1, -0.05) is 11.8 Å². The summed E-state index contributed by atoms with van der Waals surface area (Å²) in [4.78, 5) is 4.01. The highest BCUT2D eigenvalue weighted by atomic mass is 32.2. The van der Waals surface area contributed by atoms with Crippen LogP contribution in [0.15, 0.2) is 23.2 Å². The van der Waals surface area contributed by atoms with Crippen LogP contribution in [-0.4, -0.2) is 30.7 Å². The van der Waals surface area contributed by atoms with E-state index in [1.165, 1.54) is 17.8 Å². The van der Waals surface area contributed by atoms with E-state index in [-0.39, 0.29) is 18.3 Å². The SMILES string of the molecule is CNc1ccc(F)c(C2CCSC(N)=NCC(F)CC2)c1. The maximum atomic E-state index is 14.1. The van der Waals surface area contributed by atoms with Gasteiger partial charge in [0.05, 0.1) is 6.54 Å². The van der Waals surface area contributed by atoms with Gasteiger partial charge in [0.25, 0.3) is 0 Å². The number of anilines is 1. The van der Waals surface area contributed by atoms with E-state index in [1.54, 1.807) is 13.1 Å². The summed E-state index contributed by atoms with van der Waals surface area (Å²) in [7, 11) is 1.80. The van der Waals surface area contributed by atoms with Crippen molar-refractivity contribution in [3.63, 3.8) is 0 Å². The molecule has 3 nitrogen and oxygen atoms in total. The summed E-state index contributed by atoms with van der Waals surface area (Å²) in [5.41, 5.74) is 7.24. The fourth-order valence-electron chi connectivity index (χ4n) is 2.48. The van der Waals surface area contributed by atoms with E-state index in [0.29, 0.717) is 23.6 Å². The number of nitrogens with one attached hydrogen (secondary N) is 1. The Hall–Kier alpha value is -1.30. The second kappa shape index (κ2) is 7.64. The molecule has 116 valence electrons. The number of amidine groups is 1. The average Bonchev–Trinajstić information content (AvgIpc) is 2.49. The summed E-state index contributed by atoms with van der Waals surface area (Å²) in [6.45, 7) is 0.102. The molecule has 2 atom stereocenters. The molecule has 6 heteroatoms. The number of nitrogens with two attached hydrogens (primary N) is 1. The van der Waals surface area contributed by atoms with Gasteiger partial charge in [0.1, 0.15) is 12.0 Å². The highest BCUT2D eigenvalue weighted by Gasteiger charge is 2.20. The van der Waals surface area contributed by atoms with Crippen LogP contribution in [0.25, 0.3) is 0 Å². The normalized spacial score (nSPS) is 24.2. The lowest BCUT2D eigenvalue weighted by Gasteiger charge is -2.20. The van der Waals surface area contributed by atoms with Crippen molar-refractivity contribution in [1.29, 1.82) is 0 Å². The molecule has 0 saturated heterocycles.